The van der Waals surface area contributed by atoms with Crippen LogP contribution in [-0.2, 0) is 6.54 Å². The molecular formula is C21H22N2O. The molecule has 3 nitrogen and oxygen atoms in total. The summed E-state index contributed by atoms with van der Waals surface area (Å²) >= 11 is 0. The minimum absolute atomic E-state index is 0.249. The maximum atomic E-state index is 5.30. The Morgan fingerprint density at radius 3 is 2.67 bits per heavy atom. The summed E-state index contributed by atoms with van der Waals surface area (Å²) in [6.45, 7) is 2.97. The molecule has 1 atom stereocenters. The van der Waals surface area contributed by atoms with Crippen molar-refractivity contribution in [3.05, 3.63) is 84.1 Å². The first-order valence-corrected chi connectivity index (χ1v) is 8.14. The molecule has 0 spiro atoms. The molecule has 0 aliphatic rings. The van der Waals surface area contributed by atoms with E-state index in [2.05, 4.69) is 53.6 Å². The first kappa shape index (κ1) is 16.2. The lowest BCUT2D eigenvalue weighted by molar-refractivity contribution is 0.413. The maximum Gasteiger partial charge on any atom is 0.119 e. The summed E-state index contributed by atoms with van der Waals surface area (Å²) in [7, 11) is 1.69. The van der Waals surface area contributed by atoms with Crippen LogP contribution in [0, 0.1) is 0 Å². The van der Waals surface area contributed by atoms with E-state index in [-0.39, 0.29) is 6.04 Å². The van der Waals surface area contributed by atoms with E-state index >= 15 is 0 Å². The third-order valence-corrected chi connectivity index (χ3v) is 4.09. The second-order valence-corrected chi connectivity index (χ2v) is 5.79. The monoisotopic (exact) mass is 318 g/mol. The van der Waals surface area contributed by atoms with Crippen LogP contribution in [-0.4, -0.2) is 12.1 Å². The fourth-order valence-corrected chi connectivity index (χ4v) is 2.67. The Balaban J connectivity index is 1.68. The first-order chi connectivity index (χ1) is 11.8. The summed E-state index contributed by atoms with van der Waals surface area (Å²) in [5, 5.41) is 3.57. The van der Waals surface area contributed by atoms with Crippen LogP contribution >= 0.6 is 0 Å². The molecule has 0 aliphatic carbocycles. The molecule has 122 valence electrons. The van der Waals surface area contributed by atoms with Gasteiger partial charge in [0.15, 0.2) is 0 Å². The van der Waals surface area contributed by atoms with Crippen molar-refractivity contribution in [2.24, 2.45) is 0 Å². The van der Waals surface area contributed by atoms with Gasteiger partial charge in [-0.3, -0.25) is 4.98 Å². The fraction of sp³-hybridized carbons (Fsp3) is 0.190. The molecule has 0 unspecified atom stereocenters. The van der Waals surface area contributed by atoms with Gasteiger partial charge < -0.3 is 10.1 Å². The highest BCUT2D eigenvalue weighted by molar-refractivity contribution is 5.59. The van der Waals surface area contributed by atoms with Crippen molar-refractivity contribution in [2.75, 3.05) is 7.11 Å². The van der Waals surface area contributed by atoms with Gasteiger partial charge in [0.2, 0.25) is 0 Å². The molecule has 3 heteroatoms. The number of hydrogen-bond acceptors (Lipinski definition) is 3. The SMILES string of the molecule is COc1cccc([C@@H](C)NCc2cccc(-c3ccccn3)c2)c1. The Labute approximate surface area is 143 Å². The molecule has 0 saturated carbocycles. The van der Waals surface area contributed by atoms with E-state index in [4.69, 9.17) is 4.74 Å². The Hall–Kier alpha value is -2.65. The highest BCUT2D eigenvalue weighted by atomic mass is 16.5. The summed E-state index contributed by atoms with van der Waals surface area (Å²) in [5.74, 6) is 0.887. The van der Waals surface area contributed by atoms with Gasteiger partial charge in [-0.1, -0.05) is 36.4 Å². The van der Waals surface area contributed by atoms with Crippen LogP contribution in [0.15, 0.2) is 72.9 Å². The number of pyridine rings is 1. The van der Waals surface area contributed by atoms with E-state index in [9.17, 15) is 0 Å². The van der Waals surface area contributed by atoms with Crippen molar-refractivity contribution in [3.8, 4) is 17.0 Å². The second-order valence-electron chi connectivity index (χ2n) is 5.79. The van der Waals surface area contributed by atoms with Crippen LogP contribution in [0.2, 0.25) is 0 Å². The number of aromatic nitrogens is 1. The molecule has 2 aromatic carbocycles. The lowest BCUT2D eigenvalue weighted by atomic mass is 10.1. The zero-order chi connectivity index (χ0) is 16.8. The van der Waals surface area contributed by atoms with Gasteiger partial charge in [0.05, 0.1) is 12.8 Å². The number of ether oxygens (including phenoxy) is 1. The molecule has 1 N–H and O–H groups in total. The molecule has 24 heavy (non-hydrogen) atoms. The standard InChI is InChI=1S/C21H22N2O/c1-16(18-8-6-10-20(14-18)24-2)23-15-17-7-5-9-19(13-17)21-11-3-4-12-22-21/h3-14,16,23H,15H2,1-2H3/t16-/m1/s1. The van der Waals surface area contributed by atoms with Crippen LogP contribution in [0.4, 0.5) is 0 Å². The Morgan fingerprint density at radius 2 is 1.88 bits per heavy atom. The molecule has 0 bridgehead atoms. The fourth-order valence-electron chi connectivity index (χ4n) is 2.67. The molecule has 0 aliphatic heterocycles. The largest absolute Gasteiger partial charge is 0.497 e. The summed E-state index contributed by atoms with van der Waals surface area (Å²) in [6, 6.07) is 22.9. The van der Waals surface area contributed by atoms with Gasteiger partial charge in [0.1, 0.15) is 5.75 Å². The van der Waals surface area contributed by atoms with E-state index in [1.807, 2.05) is 36.5 Å². The van der Waals surface area contributed by atoms with E-state index in [1.165, 1.54) is 11.1 Å². The molecule has 3 rings (SSSR count). The third-order valence-electron chi connectivity index (χ3n) is 4.09. The number of rotatable bonds is 6. The minimum atomic E-state index is 0.249. The quantitative estimate of drug-likeness (QED) is 0.721. The molecule has 1 aromatic heterocycles. The summed E-state index contributed by atoms with van der Waals surface area (Å²) in [6.07, 6.45) is 1.82. The van der Waals surface area contributed by atoms with E-state index in [1.54, 1.807) is 7.11 Å². The minimum Gasteiger partial charge on any atom is -0.497 e. The number of methoxy groups -OCH3 is 1. The van der Waals surface area contributed by atoms with E-state index in [0.717, 1.165) is 23.6 Å². The molecule has 3 aromatic rings. The van der Waals surface area contributed by atoms with Crippen LogP contribution in [0.5, 0.6) is 5.75 Å². The van der Waals surface area contributed by atoms with Crippen LogP contribution < -0.4 is 10.1 Å². The summed E-state index contributed by atoms with van der Waals surface area (Å²) in [5.41, 5.74) is 4.60. The zero-order valence-electron chi connectivity index (χ0n) is 14.1. The van der Waals surface area contributed by atoms with Crippen molar-refractivity contribution in [1.82, 2.24) is 10.3 Å². The number of benzene rings is 2. The van der Waals surface area contributed by atoms with Crippen molar-refractivity contribution in [1.29, 1.82) is 0 Å². The van der Waals surface area contributed by atoms with Crippen LogP contribution in [0.25, 0.3) is 11.3 Å². The molecule has 0 amide bonds. The normalized spacial score (nSPS) is 11.9. The molecule has 1 heterocycles. The second kappa shape index (κ2) is 7.75. The topological polar surface area (TPSA) is 34.1 Å². The maximum absolute atomic E-state index is 5.30. The van der Waals surface area contributed by atoms with Gasteiger partial charge in [-0.2, -0.15) is 0 Å². The van der Waals surface area contributed by atoms with Gasteiger partial charge in [0.25, 0.3) is 0 Å². The van der Waals surface area contributed by atoms with E-state index < -0.39 is 0 Å². The van der Waals surface area contributed by atoms with Crippen molar-refractivity contribution >= 4 is 0 Å². The molecule has 0 radical (unpaired) electrons. The predicted octanol–water partition coefficient (Wildman–Crippen LogP) is 4.61. The smallest absolute Gasteiger partial charge is 0.119 e. The van der Waals surface area contributed by atoms with Gasteiger partial charge >= 0.3 is 0 Å². The molecule has 0 saturated heterocycles. The Bertz CT molecular complexity index is 787. The van der Waals surface area contributed by atoms with Gasteiger partial charge in [-0.05, 0) is 48.4 Å². The highest BCUT2D eigenvalue weighted by Gasteiger charge is 2.07. The van der Waals surface area contributed by atoms with Crippen LogP contribution in [0.3, 0.4) is 0 Å². The van der Waals surface area contributed by atoms with Crippen molar-refractivity contribution in [2.45, 2.75) is 19.5 Å². The Morgan fingerprint density at radius 1 is 1.00 bits per heavy atom. The lowest BCUT2D eigenvalue weighted by Crippen LogP contribution is -2.18. The number of hydrogen-bond donors (Lipinski definition) is 1. The van der Waals surface area contributed by atoms with Gasteiger partial charge in [0, 0.05) is 24.3 Å². The summed E-state index contributed by atoms with van der Waals surface area (Å²) in [4.78, 5) is 4.42. The average molecular weight is 318 g/mol. The van der Waals surface area contributed by atoms with Crippen molar-refractivity contribution in [3.63, 3.8) is 0 Å². The third kappa shape index (κ3) is 4.00. The van der Waals surface area contributed by atoms with Gasteiger partial charge in [-0.15, -0.1) is 0 Å². The average Bonchev–Trinajstić information content (AvgIpc) is 2.67. The molecular weight excluding hydrogens is 296 g/mol. The number of nitrogens with zero attached hydrogens (tertiary/aromatic N) is 1. The summed E-state index contributed by atoms with van der Waals surface area (Å²) < 4.78 is 5.30. The van der Waals surface area contributed by atoms with Crippen molar-refractivity contribution < 1.29 is 4.74 Å². The highest BCUT2D eigenvalue weighted by Crippen LogP contribution is 2.21. The zero-order valence-corrected chi connectivity index (χ0v) is 14.1. The van der Waals surface area contributed by atoms with Crippen LogP contribution in [0.1, 0.15) is 24.1 Å². The predicted molar refractivity (Wildman–Crippen MR) is 97.9 cm³/mol. The van der Waals surface area contributed by atoms with Gasteiger partial charge in [-0.25, -0.2) is 0 Å². The molecule has 0 fully saturated rings. The van der Waals surface area contributed by atoms with E-state index in [0.29, 0.717) is 0 Å². The Kier molecular flexibility index (Phi) is 5.24. The number of nitrogens with one attached hydrogen (secondary N) is 1. The lowest BCUT2D eigenvalue weighted by Gasteiger charge is -2.15. The first-order valence-electron chi connectivity index (χ1n) is 8.14.